The van der Waals surface area contributed by atoms with Crippen LogP contribution in [0, 0.1) is 5.41 Å². The van der Waals surface area contributed by atoms with Crippen molar-refractivity contribution in [2.75, 3.05) is 7.11 Å². The Morgan fingerprint density at radius 3 is 2.42 bits per heavy atom. The molecule has 0 radical (unpaired) electrons. The Balaban J connectivity index is 2.80. The van der Waals surface area contributed by atoms with Gasteiger partial charge in [0.2, 0.25) is 5.91 Å². The zero-order valence-electron chi connectivity index (χ0n) is 12.0. The molecule has 0 fully saturated rings. The normalized spacial score (nSPS) is 14.6. The minimum atomic E-state index is -0.692. The van der Waals surface area contributed by atoms with E-state index in [0.717, 1.165) is 0 Å². The number of nitrogens with one attached hydrogen (secondary N) is 1. The number of esters is 1. The number of aromatic nitrogens is 2. The van der Waals surface area contributed by atoms with E-state index in [-0.39, 0.29) is 5.91 Å². The van der Waals surface area contributed by atoms with E-state index < -0.39 is 23.5 Å². The Morgan fingerprint density at radius 2 is 2.00 bits per heavy atom. The highest BCUT2D eigenvalue weighted by Crippen LogP contribution is 2.21. The van der Waals surface area contributed by atoms with Crippen LogP contribution in [-0.4, -0.2) is 34.8 Å². The molecule has 1 aromatic heterocycles. The first kappa shape index (κ1) is 15.2. The van der Waals surface area contributed by atoms with Gasteiger partial charge in [0.1, 0.15) is 12.1 Å². The van der Waals surface area contributed by atoms with Crippen LogP contribution in [0.1, 0.15) is 33.7 Å². The van der Waals surface area contributed by atoms with Crippen molar-refractivity contribution in [2.24, 2.45) is 5.41 Å². The number of methoxy groups -OCH3 is 1. The van der Waals surface area contributed by atoms with E-state index in [2.05, 4.69) is 10.4 Å². The lowest BCUT2D eigenvalue weighted by Gasteiger charge is -2.30. The molecule has 0 bridgehead atoms. The van der Waals surface area contributed by atoms with Crippen molar-refractivity contribution in [2.45, 2.75) is 39.8 Å². The predicted molar refractivity (Wildman–Crippen MR) is 70.3 cm³/mol. The van der Waals surface area contributed by atoms with Gasteiger partial charge in [-0.05, 0) is 18.4 Å². The molecule has 19 heavy (non-hydrogen) atoms. The van der Waals surface area contributed by atoms with E-state index in [4.69, 9.17) is 4.74 Å². The maximum atomic E-state index is 12.1. The summed E-state index contributed by atoms with van der Waals surface area (Å²) < 4.78 is 6.27. The van der Waals surface area contributed by atoms with Crippen molar-refractivity contribution in [3.8, 4) is 0 Å². The Kier molecular flexibility index (Phi) is 4.69. The van der Waals surface area contributed by atoms with Gasteiger partial charge in [0.25, 0.3) is 0 Å². The third kappa shape index (κ3) is 3.81. The number of carbonyl (C=O) groups excluding carboxylic acids is 2. The number of amides is 1. The molecule has 0 aromatic carbocycles. The fourth-order valence-corrected chi connectivity index (χ4v) is 1.64. The summed E-state index contributed by atoms with van der Waals surface area (Å²) in [5.41, 5.74) is -0.424. The van der Waals surface area contributed by atoms with Gasteiger partial charge in [-0.15, -0.1) is 0 Å². The van der Waals surface area contributed by atoms with Gasteiger partial charge in [-0.3, -0.25) is 9.48 Å². The average molecular weight is 267 g/mol. The summed E-state index contributed by atoms with van der Waals surface area (Å²) in [6.45, 7) is 7.33. The third-order valence-corrected chi connectivity index (χ3v) is 2.89. The zero-order chi connectivity index (χ0) is 14.6. The summed E-state index contributed by atoms with van der Waals surface area (Å²) in [6.07, 6.45) is 3.31. The molecular weight excluding hydrogens is 246 g/mol. The molecule has 0 aliphatic heterocycles. The fraction of sp³-hybridized carbons (Fsp3) is 0.615. The lowest BCUT2D eigenvalue weighted by molar-refractivity contribution is -0.148. The van der Waals surface area contributed by atoms with E-state index in [1.807, 2.05) is 20.8 Å². The van der Waals surface area contributed by atoms with Gasteiger partial charge in [-0.25, -0.2) is 4.79 Å². The van der Waals surface area contributed by atoms with Gasteiger partial charge in [0.15, 0.2) is 0 Å². The van der Waals surface area contributed by atoms with Gasteiger partial charge in [-0.2, -0.15) is 5.10 Å². The quantitative estimate of drug-likeness (QED) is 0.830. The standard InChI is InChI=1S/C13H21N3O3/c1-9(16-8-6-7-14-16)11(17)15-10(12(18)19-5)13(2,3)4/h6-10H,1-5H3,(H,15,17)/t9-,10-/m1/s1. The van der Waals surface area contributed by atoms with E-state index in [1.165, 1.54) is 11.8 Å². The van der Waals surface area contributed by atoms with Crippen molar-refractivity contribution in [1.82, 2.24) is 15.1 Å². The van der Waals surface area contributed by atoms with E-state index in [1.54, 1.807) is 25.4 Å². The minimum absolute atomic E-state index is 0.269. The van der Waals surface area contributed by atoms with Crippen LogP contribution < -0.4 is 5.32 Å². The van der Waals surface area contributed by atoms with Crippen LogP contribution in [0.4, 0.5) is 0 Å². The highest BCUT2D eigenvalue weighted by atomic mass is 16.5. The smallest absolute Gasteiger partial charge is 0.328 e. The van der Waals surface area contributed by atoms with Crippen LogP contribution in [0.2, 0.25) is 0 Å². The second-order valence-electron chi connectivity index (χ2n) is 5.49. The molecule has 6 heteroatoms. The Labute approximate surface area is 113 Å². The number of hydrogen-bond donors (Lipinski definition) is 1. The molecule has 0 spiro atoms. The molecule has 0 saturated heterocycles. The molecule has 0 aliphatic carbocycles. The maximum Gasteiger partial charge on any atom is 0.328 e. The SMILES string of the molecule is COC(=O)[C@@H](NC(=O)[C@@H](C)n1cccn1)C(C)(C)C. The van der Waals surface area contributed by atoms with Crippen LogP contribution in [0.3, 0.4) is 0 Å². The summed E-state index contributed by atoms with van der Waals surface area (Å²) in [7, 11) is 1.31. The Hall–Kier alpha value is -1.85. The van der Waals surface area contributed by atoms with Gasteiger partial charge in [0, 0.05) is 12.4 Å². The molecule has 1 amide bonds. The van der Waals surface area contributed by atoms with Gasteiger partial charge < -0.3 is 10.1 Å². The van der Waals surface area contributed by atoms with Crippen molar-refractivity contribution in [3.63, 3.8) is 0 Å². The topological polar surface area (TPSA) is 73.2 Å². The summed E-state index contributed by atoms with van der Waals surface area (Å²) >= 11 is 0. The molecule has 0 aliphatic rings. The molecule has 6 nitrogen and oxygen atoms in total. The summed E-state index contributed by atoms with van der Waals surface area (Å²) in [6, 6.07) is 0.568. The summed E-state index contributed by atoms with van der Waals surface area (Å²) in [4.78, 5) is 23.9. The van der Waals surface area contributed by atoms with Crippen LogP contribution in [0.15, 0.2) is 18.5 Å². The zero-order valence-corrected chi connectivity index (χ0v) is 12.0. The lowest BCUT2D eigenvalue weighted by atomic mass is 9.86. The number of nitrogens with zero attached hydrogens (tertiary/aromatic N) is 2. The molecule has 1 N–H and O–H groups in total. The molecule has 1 rings (SSSR count). The van der Waals surface area contributed by atoms with Crippen molar-refractivity contribution in [1.29, 1.82) is 0 Å². The van der Waals surface area contributed by atoms with Crippen LogP contribution >= 0.6 is 0 Å². The summed E-state index contributed by atoms with van der Waals surface area (Å²) in [5, 5.41) is 6.73. The van der Waals surface area contributed by atoms with Gasteiger partial charge in [0.05, 0.1) is 7.11 Å². The minimum Gasteiger partial charge on any atom is -0.467 e. The number of hydrogen-bond acceptors (Lipinski definition) is 4. The molecular formula is C13H21N3O3. The average Bonchev–Trinajstić information content (AvgIpc) is 2.86. The van der Waals surface area contributed by atoms with Crippen molar-refractivity contribution >= 4 is 11.9 Å². The predicted octanol–water partition coefficient (Wildman–Crippen LogP) is 1.15. The van der Waals surface area contributed by atoms with E-state index >= 15 is 0 Å². The second-order valence-corrected chi connectivity index (χ2v) is 5.49. The number of ether oxygens (including phenoxy) is 1. The number of rotatable bonds is 4. The molecule has 1 aromatic rings. The van der Waals surface area contributed by atoms with Crippen molar-refractivity contribution in [3.05, 3.63) is 18.5 Å². The van der Waals surface area contributed by atoms with E-state index in [0.29, 0.717) is 0 Å². The van der Waals surface area contributed by atoms with E-state index in [9.17, 15) is 9.59 Å². The molecule has 106 valence electrons. The Bertz CT molecular complexity index is 434. The van der Waals surface area contributed by atoms with Gasteiger partial charge in [-0.1, -0.05) is 20.8 Å². The first-order valence-electron chi connectivity index (χ1n) is 6.14. The first-order valence-corrected chi connectivity index (χ1v) is 6.14. The summed E-state index contributed by atoms with van der Waals surface area (Å²) in [5.74, 6) is -0.720. The number of carbonyl (C=O) groups is 2. The van der Waals surface area contributed by atoms with Crippen LogP contribution in [0.25, 0.3) is 0 Å². The Morgan fingerprint density at radius 1 is 1.37 bits per heavy atom. The highest BCUT2D eigenvalue weighted by Gasteiger charge is 2.34. The monoisotopic (exact) mass is 267 g/mol. The van der Waals surface area contributed by atoms with Crippen LogP contribution in [0.5, 0.6) is 0 Å². The molecule has 2 atom stereocenters. The fourth-order valence-electron chi connectivity index (χ4n) is 1.64. The second kappa shape index (κ2) is 5.86. The molecule has 0 unspecified atom stereocenters. The molecule has 1 heterocycles. The first-order chi connectivity index (χ1) is 8.77. The van der Waals surface area contributed by atoms with Crippen LogP contribution in [-0.2, 0) is 14.3 Å². The van der Waals surface area contributed by atoms with Gasteiger partial charge >= 0.3 is 5.97 Å². The maximum absolute atomic E-state index is 12.1. The lowest BCUT2D eigenvalue weighted by Crippen LogP contribution is -2.51. The highest BCUT2D eigenvalue weighted by molar-refractivity contribution is 5.86. The van der Waals surface area contributed by atoms with Crippen molar-refractivity contribution < 1.29 is 14.3 Å². The largest absolute Gasteiger partial charge is 0.467 e. The molecule has 0 saturated carbocycles. The third-order valence-electron chi connectivity index (χ3n) is 2.89.